The Labute approximate surface area is 188 Å². The van der Waals surface area contributed by atoms with Crippen molar-refractivity contribution in [3.05, 3.63) is 95.6 Å². The topological polar surface area (TPSA) is 58.6 Å². The predicted molar refractivity (Wildman–Crippen MR) is 123 cm³/mol. The van der Waals surface area contributed by atoms with Gasteiger partial charge in [0.1, 0.15) is 11.7 Å². The van der Waals surface area contributed by atoms with Gasteiger partial charge >= 0.3 is 0 Å². The quantitative estimate of drug-likeness (QED) is 0.605. The number of nitrogens with zero attached hydrogens (tertiary/aromatic N) is 1. The highest BCUT2D eigenvalue weighted by Gasteiger charge is 2.56. The molecule has 5 rings (SSSR count). The number of nitrogens with one attached hydrogen (secondary N) is 1. The fourth-order valence-electron chi connectivity index (χ4n) is 4.88. The number of hydrogen-bond donors (Lipinski definition) is 1. The summed E-state index contributed by atoms with van der Waals surface area (Å²) in [6.45, 7) is 4.34. The van der Waals surface area contributed by atoms with E-state index in [1.807, 2.05) is 92.7 Å². The summed E-state index contributed by atoms with van der Waals surface area (Å²) in [5.74, 6) is -0.801. The number of para-hydroxylation sites is 1. The number of likely N-dealkylation sites (tertiary alicyclic amines) is 1. The number of anilines is 1. The standard InChI is InChI=1S/C27H26N2O3/c1-18-12-14-20(15-13-18)28-25(30)24-22-16-27(2,32-23-11-7-6-10-21(22)23)29(26(24)31)17-19-8-4-3-5-9-19/h3-15,22,24H,16-17H2,1-2H3,(H,28,30)/t22-,24+,27-/m0/s1. The predicted octanol–water partition coefficient (Wildman–Crippen LogP) is 4.87. The Balaban J connectivity index is 1.53. The van der Waals surface area contributed by atoms with Crippen molar-refractivity contribution < 1.29 is 14.3 Å². The van der Waals surface area contributed by atoms with Crippen LogP contribution in [0.15, 0.2) is 78.9 Å². The Kier molecular flexibility index (Phi) is 4.97. The van der Waals surface area contributed by atoms with E-state index in [1.165, 1.54) is 0 Å². The molecule has 1 N–H and O–H groups in total. The molecule has 0 radical (unpaired) electrons. The Morgan fingerprint density at radius 1 is 1.03 bits per heavy atom. The van der Waals surface area contributed by atoms with Crippen LogP contribution >= 0.6 is 0 Å². The van der Waals surface area contributed by atoms with E-state index in [0.29, 0.717) is 18.7 Å². The third kappa shape index (κ3) is 3.54. The van der Waals surface area contributed by atoms with E-state index in [0.717, 1.165) is 22.4 Å². The summed E-state index contributed by atoms with van der Waals surface area (Å²) in [6.07, 6.45) is 0.564. The van der Waals surface area contributed by atoms with Crippen LogP contribution in [0.25, 0.3) is 0 Å². The molecule has 162 valence electrons. The number of aryl methyl sites for hydroxylation is 1. The fourth-order valence-corrected chi connectivity index (χ4v) is 4.88. The third-order valence-electron chi connectivity index (χ3n) is 6.54. The first-order chi connectivity index (χ1) is 15.4. The summed E-state index contributed by atoms with van der Waals surface area (Å²) in [4.78, 5) is 29.0. The first kappa shape index (κ1) is 20.3. The van der Waals surface area contributed by atoms with E-state index in [-0.39, 0.29) is 17.7 Å². The van der Waals surface area contributed by atoms with E-state index < -0.39 is 11.6 Å². The Bertz CT molecular complexity index is 1160. The normalized spacial score (nSPS) is 23.8. The van der Waals surface area contributed by atoms with Gasteiger partial charge in [-0.05, 0) is 43.2 Å². The maximum atomic E-state index is 13.8. The molecule has 3 atom stereocenters. The summed E-state index contributed by atoms with van der Waals surface area (Å²) in [6, 6.07) is 25.2. The summed E-state index contributed by atoms with van der Waals surface area (Å²) in [5.41, 5.74) is 2.91. The van der Waals surface area contributed by atoms with Gasteiger partial charge in [-0.15, -0.1) is 0 Å². The van der Waals surface area contributed by atoms with Gasteiger partial charge in [0.2, 0.25) is 11.8 Å². The second-order valence-corrected chi connectivity index (χ2v) is 8.87. The number of ether oxygens (including phenoxy) is 1. The maximum absolute atomic E-state index is 13.8. The van der Waals surface area contributed by atoms with Crippen LogP contribution in [0.2, 0.25) is 0 Å². The molecule has 2 amide bonds. The van der Waals surface area contributed by atoms with Gasteiger partial charge in [0.15, 0.2) is 5.72 Å². The van der Waals surface area contributed by atoms with Crippen molar-refractivity contribution >= 4 is 17.5 Å². The second-order valence-electron chi connectivity index (χ2n) is 8.87. The van der Waals surface area contributed by atoms with Crippen LogP contribution in [0.1, 0.15) is 36.0 Å². The number of hydrogen-bond acceptors (Lipinski definition) is 3. The lowest BCUT2D eigenvalue weighted by atomic mass is 9.73. The van der Waals surface area contributed by atoms with Crippen molar-refractivity contribution in [1.82, 2.24) is 4.90 Å². The number of rotatable bonds is 4. The molecule has 1 fully saturated rings. The first-order valence-electron chi connectivity index (χ1n) is 11.0. The Morgan fingerprint density at radius 3 is 2.47 bits per heavy atom. The second kappa shape index (κ2) is 7.83. The largest absolute Gasteiger partial charge is 0.468 e. The number of carbonyl (C=O) groups excluding carboxylic acids is 2. The minimum atomic E-state index is -0.821. The molecule has 3 aromatic rings. The smallest absolute Gasteiger partial charge is 0.239 e. The molecule has 2 aliphatic heterocycles. The van der Waals surface area contributed by atoms with Crippen LogP contribution in [-0.4, -0.2) is 22.4 Å². The van der Waals surface area contributed by atoms with Gasteiger partial charge in [-0.25, -0.2) is 0 Å². The first-order valence-corrected chi connectivity index (χ1v) is 11.0. The van der Waals surface area contributed by atoms with Crippen LogP contribution in [0, 0.1) is 12.8 Å². The van der Waals surface area contributed by atoms with Crippen LogP contribution in [0.3, 0.4) is 0 Å². The molecule has 5 nitrogen and oxygen atoms in total. The molecule has 0 aromatic heterocycles. The van der Waals surface area contributed by atoms with Crippen LogP contribution < -0.4 is 10.1 Å². The number of benzene rings is 3. The van der Waals surface area contributed by atoms with Crippen molar-refractivity contribution in [3.8, 4) is 5.75 Å². The number of fused-ring (bicyclic) bond motifs is 4. The van der Waals surface area contributed by atoms with E-state index in [4.69, 9.17) is 4.74 Å². The lowest BCUT2D eigenvalue weighted by molar-refractivity contribution is -0.177. The van der Waals surface area contributed by atoms with Gasteiger partial charge < -0.3 is 10.1 Å². The van der Waals surface area contributed by atoms with E-state index in [9.17, 15) is 9.59 Å². The molecule has 0 unspecified atom stereocenters. The number of carbonyl (C=O) groups is 2. The van der Waals surface area contributed by atoms with Gasteiger partial charge in [0.05, 0.1) is 0 Å². The molecule has 0 spiro atoms. The van der Waals surface area contributed by atoms with Gasteiger partial charge in [0.25, 0.3) is 0 Å². The zero-order valence-corrected chi connectivity index (χ0v) is 18.2. The monoisotopic (exact) mass is 426 g/mol. The van der Waals surface area contributed by atoms with E-state index in [2.05, 4.69) is 5.32 Å². The van der Waals surface area contributed by atoms with Crippen molar-refractivity contribution in [3.63, 3.8) is 0 Å². The fraction of sp³-hybridized carbons (Fsp3) is 0.259. The molecule has 1 saturated heterocycles. The van der Waals surface area contributed by atoms with Crippen LogP contribution in [0.4, 0.5) is 5.69 Å². The van der Waals surface area contributed by atoms with Crippen molar-refractivity contribution in [1.29, 1.82) is 0 Å². The molecule has 0 saturated carbocycles. The average molecular weight is 427 g/mol. The molecular formula is C27H26N2O3. The highest BCUT2D eigenvalue weighted by atomic mass is 16.5. The summed E-state index contributed by atoms with van der Waals surface area (Å²) < 4.78 is 6.38. The molecule has 0 aliphatic carbocycles. The highest BCUT2D eigenvalue weighted by molar-refractivity contribution is 6.08. The number of piperidine rings is 1. The average Bonchev–Trinajstić information content (AvgIpc) is 2.79. The summed E-state index contributed by atoms with van der Waals surface area (Å²) in [7, 11) is 0. The molecule has 2 aliphatic rings. The highest BCUT2D eigenvalue weighted by Crippen LogP contribution is 2.50. The Morgan fingerprint density at radius 2 is 1.72 bits per heavy atom. The third-order valence-corrected chi connectivity index (χ3v) is 6.54. The SMILES string of the molecule is Cc1ccc(NC(=O)[C@@H]2C(=O)N(Cc3ccccc3)[C@]3(C)C[C@H]2c2ccccc2O3)cc1. The van der Waals surface area contributed by atoms with E-state index >= 15 is 0 Å². The zero-order chi connectivity index (χ0) is 22.3. The zero-order valence-electron chi connectivity index (χ0n) is 18.2. The van der Waals surface area contributed by atoms with Gasteiger partial charge in [-0.2, -0.15) is 0 Å². The Hall–Kier alpha value is -3.60. The number of amides is 2. The van der Waals surface area contributed by atoms with Gasteiger partial charge in [-0.1, -0.05) is 66.2 Å². The lowest BCUT2D eigenvalue weighted by Crippen LogP contribution is -2.63. The summed E-state index contributed by atoms with van der Waals surface area (Å²) in [5, 5.41) is 2.97. The van der Waals surface area contributed by atoms with Crippen LogP contribution in [0.5, 0.6) is 5.75 Å². The molecular weight excluding hydrogens is 400 g/mol. The van der Waals surface area contributed by atoms with Gasteiger partial charge in [-0.3, -0.25) is 14.5 Å². The lowest BCUT2D eigenvalue weighted by Gasteiger charge is -2.52. The minimum Gasteiger partial charge on any atom is -0.468 e. The van der Waals surface area contributed by atoms with Crippen molar-refractivity contribution in [2.24, 2.45) is 5.92 Å². The van der Waals surface area contributed by atoms with E-state index in [1.54, 1.807) is 4.90 Å². The molecule has 2 heterocycles. The van der Waals surface area contributed by atoms with Crippen LogP contribution in [-0.2, 0) is 16.1 Å². The maximum Gasteiger partial charge on any atom is 0.239 e. The molecule has 3 aromatic carbocycles. The molecule has 2 bridgehead atoms. The molecule has 32 heavy (non-hydrogen) atoms. The van der Waals surface area contributed by atoms with Crippen molar-refractivity contribution in [2.45, 2.75) is 38.5 Å². The van der Waals surface area contributed by atoms with Crippen molar-refractivity contribution in [2.75, 3.05) is 5.32 Å². The summed E-state index contributed by atoms with van der Waals surface area (Å²) >= 11 is 0. The van der Waals surface area contributed by atoms with Gasteiger partial charge in [0, 0.05) is 24.6 Å². The minimum absolute atomic E-state index is 0.202. The molecule has 5 heteroatoms.